The van der Waals surface area contributed by atoms with E-state index in [0.717, 1.165) is 17.8 Å². The second-order valence-electron chi connectivity index (χ2n) is 5.08. The van der Waals surface area contributed by atoms with Crippen molar-refractivity contribution in [3.05, 3.63) is 53.9 Å². The molecule has 0 saturated heterocycles. The minimum absolute atomic E-state index is 0.0324. The molecular formula is C18H23N3O. The number of anilines is 2. The SMILES string of the molecule is CCc1ccc(Nc2ccnc(C(=O)N(CC)CC)c2)cc1. The molecule has 1 amide bonds. The third kappa shape index (κ3) is 3.85. The molecule has 2 aromatic rings. The zero-order valence-corrected chi connectivity index (χ0v) is 13.5. The van der Waals surface area contributed by atoms with Crippen LogP contribution in [0.2, 0.25) is 0 Å². The Morgan fingerprint density at radius 1 is 1.05 bits per heavy atom. The van der Waals surface area contributed by atoms with E-state index in [4.69, 9.17) is 0 Å². The van der Waals surface area contributed by atoms with Gasteiger partial charge in [-0.2, -0.15) is 0 Å². The van der Waals surface area contributed by atoms with E-state index in [-0.39, 0.29) is 5.91 Å². The van der Waals surface area contributed by atoms with Crippen LogP contribution in [0.3, 0.4) is 0 Å². The molecule has 1 N–H and O–H groups in total. The Kier molecular flexibility index (Phi) is 5.53. The molecule has 0 bridgehead atoms. The molecule has 4 nitrogen and oxygen atoms in total. The number of hydrogen-bond donors (Lipinski definition) is 1. The Balaban J connectivity index is 2.15. The smallest absolute Gasteiger partial charge is 0.272 e. The van der Waals surface area contributed by atoms with Gasteiger partial charge in [0.05, 0.1) is 0 Å². The monoisotopic (exact) mass is 297 g/mol. The van der Waals surface area contributed by atoms with E-state index in [1.54, 1.807) is 17.2 Å². The minimum atomic E-state index is -0.0324. The molecule has 0 aliphatic heterocycles. The van der Waals surface area contributed by atoms with Gasteiger partial charge in [0.15, 0.2) is 0 Å². The van der Waals surface area contributed by atoms with Crippen molar-refractivity contribution < 1.29 is 4.79 Å². The highest BCUT2D eigenvalue weighted by atomic mass is 16.2. The van der Waals surface area contributed by atoms with E-state index in [0.29, 0.717) is 18.8 Å². The van der Waals surface area contributed by atoms with E-state index in [9.17, 15) is 4.79 Å². The Morgan fingerprint density at radius 3 is 2.32 bits per heavy atom. The van der Waals surface area contributed by atoms with Crippen LogP contribution >= 0.6 is 0 Å². The van der Waals surface area contributed by atoms with Crippen molar-refractivity contribution >= 4 is 17.3 Å². The van der Waals surface area contributed by atoms with Crippen molar-refractivity contribution in [3.63, 3.8) is 0 Å². The first-order valence-corrected chi connectivity index (χ1v) is 7.79. The summed E-state index contributed by atoms with van der Waals surface area (Å²) in [6.45, 7) is 7.45. The van der Waals surface area contributed by atoms with Gasteiger partial charge >= 0.3 is 0 Å². The lowest BCUT2D eigenvalue weighted by Gasteiger charge is -2.18. The van der Waals surface area contributed by atoms with Crippen molar-refractivity contribution in [1.29, 1.82) is 0 Å². The highest BCUT2D eigenvalue weighted by Crippen LogP contribution is 2.18. The lowest BCUT2D eigenvalue weighted by molar-refractivity contribution is 0.0767. The molecule has 4 heteroatoms. The molecule has 22 heavy (non-hydrogen) atoms. The summed E-state index contributed by atoms with van der Waals surface area (Å²) < 4.78 is 0. The van der Waals surface area contributed by atoms with Crippen LogP contribution in [-0.2, 0) is 6.42 Å². The quantitative estimate of drug-likeness (QED) is 0.880. The van der Waals surface area contributed by atoms with Crippen LogP contribution in [0.1, 0.15) is 36.8 Å². The van der Waals surface area contributed by atoms with Crippen LogP contribution in [0, 0.1) is 0 Å². The number of aromatic nitrogens is 1. The fourth-order valence-corrected chi connectivity index (χ4v) is 2.29. The van der Waals surface area contributed by atoms with Gasteiger partial charge in [0, 0.05) is 30.7 Å². The molecule has 1 aromatic carbocycles. The average molecular weight is 297 g/mol. The van der Waals surface area contributed by atoms with Crippen LogP contribution in [0.25, 0.3) is 0 Å². The Morgan fingerprint density at radius 2 is 1.73 bits per heavy atom. The van der Waals surface area contributed by atoms with Crippen molar-refractivity contribution in [1.82, 2.24) is 9.88 Å². The zero-order chi connectivity index (χ0) is 15.9. The predicted molar refractivity (Wildman–Crippen MR) is 90.6 cm³/mol. The summed E-state index contributed by atoms with van der Waals surface area (Å²) in [6, 6.07) is 12.0. The molecule has 0 radical (unpaired) electrons. The van der Waals surface area contributed by atoms with E-state index in [2.05, 4.69) is 29.4 Å². The van der Waals surface area contributed by atoms with Crippen LogP contribution in [-0.4, -0.2) is 28.9 Å². The highest BCUT2D eigenvalue weighted by Gasteiger charge is 2.14. The lowest BCUT2D eigenvalue weighted by Crippen LogP contribution is -2.31. The molecule has 116 valence electrons. The van der Waals surface area contributed by atoms with Gasteiger partial charge in [-0.05, 0) is 50.1 Å². The number of amides is 1. The molecule has 2 rings (SSSR count). The number of rotatable bonds is 6. The minimum Gasteiger partial charge on any atom is -0.355 e. The molecule has 1 aromatic heterocycles. The van der Waals surface area contributed by atoms with Gasteiger partial charge in [-0.15, -0.1) is 0 Å². The molecule has 0 fully saturated rings. The van der Waals surface area contributed by atoms with Crippen molar-refractivity contribution in [2.45, 2.75) is 27.2 Å². The number of carbonyl (C=O) groups excluding carboxylic acids is 1. The van der Waals surface area contributed by atoms with Gasteiger partial charge < -0.3 is 10.2 Å². The number of carbonyl (C=O) groups is 1. The van der Waals surface area contributed by atoms with E-state index in [1.807, 2.05) is 32.0 Å². The summed E-state index contributed by atoms with van der Waals surface area (Å²) in [5.74, 6) is -0.0324. The van der Waals surface area contributed by atoms with E-state index in [1.165, 1.54) is 5.56 Å². The standard InChI is InChI=1S/C18H23N3O/c1-4-14-7-9-15(10-8-14)20-16-11-12-19-17(13-16)18(22)21(5-2)6-3/h7-13H,4-6H2,1-3H3,(H,19,20). The molecule has 0 aliphatic rings. The van der Waals surface area contributed by atoms with Gasteiger partial charge in [-0.3, -0.25) is 9.78 Å². The summed E-state index contributed by atoms with van der Waals surface area (Å²) >= 11 is 0. The fraction of sp³-hybridized carbons (Fsp3) is 0.333. The van der Waals surface area contributed by atoms with Crippen LogP contribution in [0.5, 0.6) is 0 Å². The second-order valence-corrected chi connectivity index (χ2v) is 5.08. The summed E-state index contributed by atoms with van der Waals surface area (Å²) in [6.07, 6.45) is 2.69. The summed E-state index contributed by atoms with van der Waals surface area (Å²) in [5, 5.41) is 3.31. The largest absolute Gasteiger partial charge is 0.355 e. The van der Waals surface area contributed by atoms with Gasteiger partial charge in [0.1, 0.15) is 5.69 Å². The normalized spacial score (nSPS) is 10.3. The van der Waals surface area contributed by atoms with Crippen LogP contribution < -0.4 is 5.32 Å². The Labute approximate surface area is 132 Å². The van der Waals surface area contributed by atoms with Crippen molar-refractivity contribution in [2.24, 2.45) is 0 Å². The Bertz CT molecular complexity index is 618. The Hall–Kier alpha value is -2.36. The summed E-state index contributed by atoms with van der Waals surface area (Å²) in [5.41, 5.74) is 3.65. The predicted octanol–water partition coefficient (Wildman–Crippen LogP) is 3.87. The number of aryl methyl sites for hydroxylation is 1. The number of hydrogen-bond acceptors (Lipinski definition) is 3. The molecule has 0 atom stereocenters. The number of nitrogens with zero attached hydrogens (tertiary/aromatic N) is 2. The third-order valence-corrected chi connectivity index (χ3v) is 3.68. The first kappa shape index (κ1) is 16.0. The summed E-state index contributed by atoms with van der Waals surface area (Å²) in [7, 11) is 0. The zero-order valence-electron chi connectivity index (χ0n) is 13.5. The van der Waals surface area contributed by atoms with Crippen LogP contribution in [0.4, 0.5) is 11.4 Å². The maximum atomic E-state index is 12.3. The molecule has 0 unspecified atom stereocenters. The molecular weight excluding hydrogens is 274 g/mol. The van der Waals surface area contributed by atoms with Gasteiger partial charge in [-0.25, -0.2) is 0 Å². The third-order valence-electron chi connectivity index (χ3n) is 3.68. The highest BCUT2D eigenvalue weighted by molar-refractivity contribution is 5.93. The number of benzene rings is 1. The van der Waals surface area contributed by atoms with E-state index < -0.39 is 0 Å². The van der Waals surface area contributed by atoms with E-state index >= 15 is 0 Å². The average Bonchev–Trinajstić information content (AvgIpc) is 2.57. The van der Waals surface area contributed by atoms with Crippen LogP contribution in [0.15, 0.2) is 42.6 Å². The molecule has 0 spiro atoms. The van der Waals surface area contributed by atoms with Crippen molar-refractivity contribution in [3.8, 4) is 0 Å². The topological polar surface area (TPSA) is 45.2 Å². The van der Waals surface area contributed by atoms with Crippen molar-refractivity contribution in [2.75, 3.05) is 18.4 Å². The summed E-state index contributed by atoms with van der Waals surface area (Å²) in [4.78, 5) is 18.3. The first-order valence-electron chi connectivity index (χ1n) is 7.79. The lowest BCUT2D eigenvalue weighted by atomic mass is 10.1. The van der Waals surface area contributed by atoms with Gasteiger partial charge in [0.25, 0.3) is 5.91 Å². The van der Waals surface area contributed by atoms with Gasteiger partial charge in [-0.1, -0.05) is 19.1 Å². The number of pyridine rings is 1. The molecule has 0 aliphatic carbocycles. The molecule has 1 heterocycles. The maximum absolute atomic E-state index is 12.3. The molecule has 0 saturated carbocycles. The number of nitrogens with one attached hydrogen (secondary N) is 1. The fourth-order valence-electron chi connectivity index (χ4n) is 2.29. The van der Waals surface area contributed by atoms with Gasteiger partial charge in [0.2, 0.25) is 0 Å². The maximum Gasteiger partial charge on any atom is 0.272 e. The first-order chi connectivity index (χ1) is 10.7. The second kappa shape index (κ2) is 7.59.